The predicted octanol–water partition coefficient (Wildman–Crippen LogP) is 5.37. The van der Waals surface area contributed by atoms with E-state index in [1.54, 1.807) is 56.4 Å². The molecule has 1 N–H and O–H groups in total. The fourth-order valence-electron chi connectivity index (χ4n) is 3.43. The van der Waals surface area contributed by atoms with Crippen molar-refractivity contribution in [3.63, 3.8) is 0 Å². The molecule has 1 fully saturated rings. The lowest BCUT2D eigenvalue weighted by molar-refractivity contribution is -0.121. The summed E-state index contributed by atoms with van der Waals surface area (Å²) in [6.45, 7) is 2.30. The molecule has 0 bridgehead atoms. The van der Waals surface area contributed by atoms with Crippen LogP contribution in [0.4, 0.5) is 5.69 Å². The molecule has 0 atom stereocenters. The van der Waals surface area contributed by atoms with Gasteiger partial charge < -0.3 is 14.6 Å². The molecule has 1 aliphatic rings. The summed E-state index contributed by atoms with van der Waals surface area (Å²) in [6, 6.07) is 20.5. The number of carbonyl (C=O) groups is 3. The topological polar surface area (TPSA) is 106 Å². The second-order valence-corrected chi connectivity index (χ2v) is 8.97. The molecule has 3 aromatic rings. The van der Waals surface area contributed by atoms with Gasteiger partial charge in [-0.05, 0) is 72.8 Å². The van der Waals surface area contributed by atoms with Crippen LogP contribution in [-0.2, 0) is 16.1 Å². The van der Waals surface area contributed by atoms with Crippen LogP contribution in [0, 0.1) is 0 Å². The number of carboxylic acids is 1. The molecular weight excluding hydrogens is 492 g/mol. The highest BCUT2D eigenvalue weighted by molar-refractivity contribution is 8.18. The van der Waals surface area contributed by atoms with E-state index >= 15 is 0 Å². The van der Waals surface area contributed by atoms with E-state index in [0.717, 1.165) is 11.1 Å². The zero-order chi connectivity index (χ0) is 26.4. The molecule has 0 unspecified atom stereocenters. The zero-order valence-corrected chi connectivity index (χ0v) is 21.0. The highest BCUT2D eigenvalue weighted by atomic mass is 32.2. The number of likely N-dealkylation sites (N-methyl/N-ethyl adjacent to an activating group) is 1. The number of ether oxygens (including phenoxy) is 2. The maximum atomic E-state index is 12.9. The standard InChI is InChI=1S/C28H24N2O6S/c1-3-35-27(34)20-12-14-22(15-13-20)29-28-30(2)25(31)24(37-28)16-21-6-4-5-7-23(21)36-17-18-8-10-19(11-9-18)26(32)33/h4-16H,3,17H2,1-2H3,(H,32,33)/b24-16-,29-28?. The molecule has 37 heavy (non-hydrogen) atoms. The van der Waals surface area contributed by atoms with Crippen LogP contribution in [0.1, 0.15) is 38.8 Å². The molecule has 188 valence electrons. The summed E-state index contributed by atoms with van der Waals surface area (Å²) < 4.78 is 11.0. The van der Waals surface area contributed by atoms with Gasteiger partial charge in [-0.1, -0.05) is 30.3 Å². The van der Waals surface area contributed by atoms with E-state index in [2.05, 4.69) is 4.99 Å². The number of esters is 1. The molecule has 0 saturated carbocycles. The Morgan fingerprint density at radius 1 is 1.00 bits per heavy atom. The van der Waals surface area contributed by atoms with Crippen molar-refractivity contribution in [2.45, 2.75) is 13.5 Å². The minimum absolute atomic E-state index is 0.189. The van der Waals surface area contributed by atoms with E-state index in [1.165, 1.54) is 28.8 Å². The first-order chi connectivity index (χ1) is 17.9. The van der Waals surface area contributed by atoms with Crippen molar-refractivity contribution in [2.75, 3.05) is 13.7 Å². The van der Waals surface area contributed by atoms with E-state index in [0.29, 0.717) is 33.7 Å². The molecule has 1 saturated heterocycles. The Kier molecular flexibility index (Phi) is 8.05. The third-order valence-electron chi connectivity index (χ3n) is 5.41. The zero-order valence-electron chi connectivity index (χ0n) is 20.2. The molecule has 0 spiro atoms. The van der Waals surface area contributed by atoms with Crippen LogP contribution in [0.2, 0.25) is 0 Å². The van der Waals surface area contributed by atoms with Gasteiger partial charge in [-0.3, -0.25) is 9.69 Å². The van der Waals surface area contributed by atoms with Crippen LogP contribution in [0.5, 0.6) is 5.75 Å². The number of benzene rings is 3. The molecular formula is C28H24N2O6S. The van der Waals surface area contributed by atoms with Crippen LogP contribution >= 0.6 is 11.8 Å². The van der Waals surface area contributed by atoms with Crippen LogP contribution in [0.25, 0.3) is 6.08 Å². The Labute approximate surface area is 218 Å². The number of nitrogens with zero attached hydrogens (tertiary/aromatic N) is 2. The van der Waals surface area contributed by atoms with Gasteiger partial charge in [-0.25, -0.2) is 14.6 Å². The first kappa shape index (κ1) is 25.7. The summed E-state index contributed by atoms with van der Waals surface area (Å²) in [5.74, 6) is -0.975. The van der Waals surface area contributed by atoms with Gasteiger partial charge in [0.05, 0.1) is 28.3 Å². The second kappa shape index (κ2) is 11.6. The Morgan fingerprint density at radius 2 is 1.68 bits per heavy atom. The largest absolute Gasteiger partial charge is 0.488 e. The number of aliphatic imine (C=N–C) groups is 1. The summed E-state index contributed by atoms with van der Waals surface area (Å²) in [6.07, 6.45) is 1.76. The summed E-state index contributed by atoms with van der Waals surface area (Å²) in [5.41, 5.74) is 2.80. The Morgan fingerprint density at radius 3 is 2.35 bits per heavy atom. The minimum atomic E-state index is -0.982. The number of amidine groups is 1. The number of para-hydroxylation sites is 1. The molecule has 1 aliphatic heterocycles. The molecule has 4 rings (SSSR count). The molecule has 0 aliphatic carbocycles. The average molecular weight is 517 g/mol. The van der Waals surface area contributed by atoms with Crippen LogP contribution in [0.3, 0.4) is 0 Å². The molecule has 0 aromatic heterocycles. The maximum absolute atomic E-state index is 12.9. The average Bonchev–Trinajstić information content (AvgIpc) is 3.16. The van der Waals surface area contributed by atoms with Crippen molar-refractivity contribution in [1.29, 1.82) is 0 Å². The summed E-state index contributed by atoms with van der Waals surface area (Å²) in [4.78, 5) is 42.3. The number of carboxylic acid groups (broad SMARTS) is 1. The maximum Gasteiger partial charge on any atom is 0.338 e. The van der Waals surface area contributed by atoms with Crippen molar-refractivity contribution in [3.8, 4) is 5.75 Å². The van der Waals surface area contributed by atoms with Gasteiger partial charge >= 0.3 is 11.9 Å². The molecule has 3 aromatic carbocycles. The summed E-state index contributed by atoms with van der Waals surface area (Å²) >= 11 is 1.25. The van der Waals surface area contributed by atoms with E-state index in [9.17, 15) is 14.4 Å². The fraction of sp³-hybridized carbons (Fsp3) is 0.143. The van der Waals surface area contributed by atoms with Gasteiger partial charge in [0.1, 0.15) is 12.4 Å². The van der Waals surface area contributed by atoms with Crippen molar-refractivity contribution >= 4 is 46.5 Å². The summed E-state index contributed by atoms with van der Waals surface area (Å²) in [7, 11) is 1.66. The van der Waals surface area contributed by atoms with Crippen molar-refractivity contribution < 1.29 is 29.0 Å². The quantitative estimate of drug-likeness (QED) is 0.317. The van der Waals surface area contributed by atoms with Crippen LogP contribution < -0.4 is 4.74 Å². The molecule has 1 heterocycles. The number of carbonyl (C=O) groups excluding carboxylic acids is 2. The molecule has 0 radical (unpaired) electrons. The number of thioether (sulfide) groups is 1. The first-order valence-electron chi connectivity index (χ1n) is 11.4. The SMILES string of the molecule is CCOC(=O)c1ccc(N=C2S/C(=C\c3ccccc3OCc3ccc(C(=O)O)cc3)C(=O)N2C)cc1. The lowest BCUT2D eigenvalue weighted by Crippen LogP contribution is -2.23. The number of rotatable bonds is 8. The van der Waals surface area contributed by atoms with E-state index in [1.807, 2.05) is 24.3 Å². The fourth-order valence-corrected chi connectivity index (χ4v) is 4.40. The molecule has 1 amide bonds. The van der Waals surface area contributed by atoms with E-state index < -0.39 is 11.9 Å². The van der Waals surface area contributed by atoms with Crippen molar-refractivity contribution in [3.05, 3.63) is 100.0 Å². The number of hydrogen-bond donors (Lipinski definition) is 1. The monoisotopic (exact) mass is 516 g/mol. The van der Waals surface area contributed by atoms with Crippen molar-refractivity contribution in [2.24, 2.45) is 4.99 Å². The number of amides is 1. The van der Waals surface area contributed by atoms with Gasteiger partial charge in [0.25, 0.3) is 5.91 Å². The summed E-state index contributed by atoms with van der Waals surface area (Å²) in [5, 5.41) is 9.56. The number of hydrogen-bond acceptors (Lipinski definition) is 7. The smallest absolute Gasteiger partial charge is 0.338 e. The van der Waals surface area contributed by atoms with Crippen LogP contribution in [-0.4, -0.2) is 46.7 Å². The molecule has 8 nitrogen and oxygen atoms in total. The lowest BCUT2D eigenvalue weighted by atomic mass is 10.1. The van der Waals surface area contributed by atoms with Gasteiger partial charge in [-0.2, -0.15) is 0 Å². The van der Waals surface area contributed by atoms with Crippen molar-refractivity contribution in [1.82, 2.24) is 4.90 Å². The Hall–Kier alpha value is -4.37. The number of aromatic carboxylic acids is 1. The second-order valence-electron chi connectivity index (χ2n) is 7.97. The first-order valence-corrected chi connectivity index (χ1v) is 12.2. The van der Waals surface area contributed by atoms with E-state index in [4.69, 9.17) is 14.6 Å². The van der Waals surface area contributed by atoms with Crippen LogP contribution in [0.15, 0.2) is 82.7 Å². The Bertz CT molecular complexity index is 1380. The highest BCUT2D eigenvalue weighted by Crippen LogP contribution is 2.35. The third-order valence-corrected chi connectivity index (χ3v) is 6.47. The molecule has 9 heteroatoms. The van der Waals surface area contributed by atoms with Gasteiger partial charge in [0.2, 0.25) is 0 Å². The van der Waals surface area contributed by atoms with Gasteiger partial charge in [0.15, 0.2) is 5.17 Å². The Balaban J connectivity index is 1.49. The normalized spacial score (nSPS) is 15.3. The lowest BCUT2D eigenvalue weighted by Gasteiger charge is -2.10. The predicted molar refractivity (Wildman–Crippen MR) is 142 cm³/mol. The third kappa shape index (κ3) is 6.25. The minimum Gasteiger partial charge on any atom is -0.488 e. The van der Waals surface area contributed by atoms with Gasteiger partial charge in [0, 0.05) is 12.6 Å². The van der Waals surface area contributed by atoms with Gasteiger partial charge in [-0.15, -0.1) is 0 Å². The van der Waals surface area contributed by atoms with E-state index in [-0.39, 0.29) is 18.1 Å². The highest BCUT2D eigenvalue weighted by Gasteiger charge is 2.30.